The highest BCUT2D eigenvalue weighted by atomic mass is 79.9. The number of para-hydroxylation sites is 2. The molecule has 0 spiro atoms. The quantitative estimate of drug-likeness (QED) is 0.762. The highest BCUT2D eigenvalue weighted by molar-refractivity contribution is 9.10. The molecule has 1 unspecified atom stereocenters. The van der Waals surface area contributed by atoms with Crippen LogP contribution in [0, 0.1) is 0 Å². The third-order valence-electron chi connectivity index (χ3n) is 5.38. The number of rotatable bonds is 4. The van der Waals surface area contributed by atoms with E-state index in [-0.39, 0.29) is 24.5 Å². The SMILES string of the molecule is COc1ccccc1N1CCN(C2CC(=O)N(c3ccc(Br)cc3)C(=O)N2)CC1. The summed E-state index contributed by atoms with van der Waals surface area (Å²) in [5.41, 5.74) is 1.65. The molecule has 2 aliphatic heterocycles. The lowest BCUT2D eigenvalue weighted by atomic mass is 10.1. The Morgan fingerprint density at radius 2 is 1.69 bits per heavy atom. The zero-order chi connectivity index (χ0) is 20.4. The lowest BCUT2D eigenvalue weighted by molar-refractivity contribution is -0.120. The summed E-state index contributed by atoms with van der Waals surface area (Å²) in [6, 6.07) is 14.7. The number of carbonyl (C=O) groups is 2. The first-order valence-electron chi connectivity index (χ1n) is 9.58. The standard InChI is InChI=1S/C21H23BrN4O3/c1-29-18-5-3-2-4-17(18)24-10-12-25(13-11-24)19-14-20(27)26(21(28)23-19)16-8-6-15(22)7-9-16/h2-9,19H,10-14H2,1H3,(H,23,28). The van der Waals surface area contributed by atoms with Crippen molar-refractivity contribution in [1.29, 1.82) is 0 Å². The zero-order valence-electron chi connectivity index (χ0n) is 16.2. The van der Waals surface area contributed by atoms with Gasteiger partial charge in [-0.1, -0.05) is 28.1 Å². The smallest absolute Gasteiger partial charge is 0.329 e. The lowest BCUT2D eigenvalue weighted by Crippen LogP contribution is -2.63. The molecular weight excluding hydrogens is 436 g/mol. The van der Waals surface area contributed by atoms with Crippen LogP contribution in [0.25, 0.3) is 0 Å². The largest absolute Gasteiger partial charge is 0.495 e. The average Bonchev–Trinajstić information content (AvgIpc) is 2.74. The van der Waals surface area contributed by atoms with E-state index in [4.69, 9.17) is 4.74 Å². The van der Waals surface area contributed by atoms with Crippen molar-refractivity contribution in [3.63, 3.8) is 0 Å². The van der Waals surface area contributed by atoms with Crippen molar-refractivity contribution in [3.8, 4) is 5.75 Å². The molecular formula is C21H23BrN4O3. The Bertz CT molecular complexity index is 879. The summed E-state index contributed by atoms with van der Waals surface area (Å²) in [4.78, 5) is 31.0. The van der Waals surface area contributed by atoms with Gasteiger partial charge in [0.1, 0.15) is 5.75 Å². The Morgan fingerprint density at radius 3 is 2.34 bits per heavy atom. The van der Waals surface area contributed by atoms with Gasteiger partial charge in [-0.3, -0.25) is 9.69 Å². The number of piperazine rings is 1. The second-order valence-corrected chi connectivity index (χ2v) is 7.99. The molecule has 2 aromatic rings. The number of carbonyl (C=O) groups excluding carboxylic acids is 2. The van der Waals surface area contributed by atoms with Crippen molar-refractivity contribution in [2.45, 2.75) is 12.6 Å². The second kappa shape index (κ2) is 8.42. The van der Waals surface area contributed by atoms with E-state index in [1.165, 1.54) is 4.90 Å². The number of imide groups is 1. The molecule has 0 aromatic heterocycles. The molecule has 29 heavy (non-hydrogen) atoms. The molecule has 3 amide bonds. The predicted molar refractivity (Wildman–Crippen MR) is 115 cm³/mol. The van der Waals surface area contributed by atoms with Crippen molar-refractivity contribution in [2.24, 2.45) is 0 Å². The first-order valence-corrected chi connectivity index (χ1v) is 10.4. The highest BCUT2D eigenvalue weighted by Crippen LogP contribution is 2.29. The van der Waals surface area contributed by atoms with E-state index in [0.29, 0.717) is 5.69 Å². The number of hydrogen-bond donors (Lipinski definition) is 1. The topological polar surface area (TPSA) is 65.1 Å². The van der Waals surface area contributed by atoms with Crippen LogP contribution in [0.15, 0.2) is 53.0 Å². The summed E-state index contributed by atoms with van der Waals surface area (Å²) < 4.78 is 6.37. The molecule has 1 N–H and O–H groups in total. The van der Waals surface area contributed by atoms with Crippen LogP contribution in [0.2, 0.25) is 0 Å². The maximum atomic E-state index is 12.7. The summed E-state index contributed by atoms with van der Waals surface area (Å²) in [7, 11) is 1.68. The number of amides is 3. The molecule has 7 nitrogen and oxygen atoms in total. The van der Waals surface area contributed by atoms with Crippen LogP contribution < -0.4 is 19.9 Å². The fourth-order valence-electron chi connectivity index (χ4n) is 3.87. The molecule has 4 rings (SSSR count). The minimum atomic E-state index is -0.374. The fraction of sp³-hybridized carbons (Fsp3) is 0.333. The molecule has 0 saturated carbocycles. The van der Waals surface area contributed by atoms with E-state index in [0.717, 1.165) is 42.1 Å². The van der Waals surface area contributed by atoms with Gasteiger partial charge in [0.25, 0.3) is 0 Å². The van der Waals surface area contributed by atoms with Gasteiger partial charge >= 0.3 is 6.03 Å². The molecule has 0 aliphatic carbocycles. The first-order chi connectivity index (χ1) is 14.1. The van der Waals surface area contributed by atoms with Crippen LogP contribution in [0.1, 0.15) is 6.42 Å². The molecule has 2 heterocycles. The molecule has 152 valence electrons. The maximum absolute atomic E-state index is 12.7. The van der Waals surface area contributed by atoms with Crippen molar-refractivity contribution >= 4 is 39.2 Å². The zero-order valence-corrected chi connectivity index (χ0v) is 17.8. The first kappa shape index (κ1) is 19.7. The number of nitrogens with one attached hydrogen (secondary N) is 1. The van der Waals surface area contributed by atoms with E-state index >= 15 is 0 Å². The van der Waals surface area contributed by atoms with Gasteiger partial charge in [-0.25, -0.2) is 9.69 Å². The molecule has 0 radical (unpaired) electrons. The summed E-state index contributed by atoms with van der Waals surface area (Å²) in [5.74, 6) is 0.667. The van der Waals surface area contributed by atoms with Gasteiger partial charge in [0.2, 0.25) is 5.91 Å². The normalized spacial score (nSPS) is 20.6. The predicted octanol–water partition coefficient (Wildman–Crippen LogP) is 3.05. The van der Waals surface area contributed by atoms with Crippen molar-refractivity contribution in [2.75, 3.05) is 43.1 Å². The number of urea groups is 1. The summed E-state index contributed by atoms with van der Waals surface area (Å²) >= 11 is 3.37. The Balaban J connectivity index is 1.39. The third kappa shape index (κ3) is 4.09. The number of halogens is 1. The van der Waals surface area contributed by atoms with Gasteiger partial charge in [-0.15, -0.1) is 0 Å². The Hall–Kier alpha value is -2.58. The van der Waals surface area contributed by atoms with Crippen molar-refractivity contribution in [1.82, 2.24) is 10.2 Å². The molecule has 2 fully saturated rings. The Kier molecular flexibility index (Phi) is 5.73. The van der Waals surface area contributed by atoms with Crippen molar-refractivity contribution < 1.29 is 14.3 Å². The lowest BCUT2D eigenvalue weighted by Gasteiger charge is -2.42. The Labute approximate surface area is 178 Å². The van der Waals surface area contributed by atoms with Crippen LogP contribution in [0.3, 0.4) is 0 Å². The van der Waals surface area contributed by atoms with Crippen LogP contribution in [0.4, 0.5) is 16.2 Å². The number of benzene rings is 2. The highest BCUT2D eigenvalue weighted by Gasteiger charge is 2.37. The molecule has 0 bridgehead atoms. The van der Waals surface area contributed by atoms with Gasteiger partial charge in [-0.05, 0) is 36.4 Å². The molecule has 2 aliphatic rings. The third-order valence-corrected chi connectivity index (χ3v) is 5.90. The van der Waals surface area contributed by atoms with Gasteiger partial charge in [0.05, 0.1) is 31.1 Å². The maximum Gasteiger partial charge on any atom is 0.329 e. The van der Waals surface area contributed by atoms with Crippen molar-refractivity contribution in [3.05, 3.63) is 53.0 Å². The number of ether oxygens (including phenoxy) is 1. The van der Waals surface area contributed by atoms with Gasteiger partial charge in [0, 0.05) is 30.7 Å². The molecule has 2 aromatic carbocycles. The van der Waals surface area contributed by atoms with Gasteiger partial charge < -0.3 is 15.0 Å². The molecule has 2 saturated heterocycles. The summed E-state index contributed by atoms with van der Waals surface area (Å²) in [6.45, 7) is 3.12. The van der Waals surface area contributed by atoms with Crippen LogP contribution in [0.5, 0.6) is 5.75 Å². The monoisotopic (exact) mass is 458 g/mol. The van der Waals surface area contributed by atoms with E-state index in [1.807, 2.05) is 30.3 Å². The fourth-order valence-corrected chi connectivity index (χ4v) is 4.13. The van der Waals surface area contributed by atoms with Crippen LogP contribution >= 0.6 is 15.9 Å². The molecule has 8 heteroatoms. The minimum Gasteiger partial charge on any atom is -0.495 e. The van der Waals surface area contributed by atoms with E-state index in [2.05, 4.69) is 37.1 Å². The van der Waals surface area contributed by atoms with Gasteiger partial charge in [-0.2, -0.15) is 0 Å². The second-order valence-electron chi connectivity index (χ2n) is 7.07. The summed E-state index contributed by atoms with van der Waals surface area (Å²) in [5, 5.41) is 2.99. The number of hydrogen-bond acceptors (Lipinski definition) is 5. The van der Waals surface area contributed by atoms with Crippen LogP contribution in [-0.4, -0.2) is 56.3 Å². The van der Waals surface area contributed by atoms with E-state index in [9.17, 15) is 9.59 Å². The number of anilines is 2. The molecule has 1 atom stereocenters. The Morgan fingerprint density at radius 1 is 1.00 bits per heavy atom. The summed E-state index contributed by atoms with van der Waals surface area (Å²) in [6.07, 6.45) is -0.0160. The number of nitrogens with zero attached hydrogens (tertiary/aromatic N) is 3. The van der Waals surface area contributed by atoms with E-state index in [1.54, 1.807) is 19.2 Å². The minimum absolute atomic E-state index is 0.187. The average molecular weight is 459 g/mol. The number of methoxy groups -OCH3 is 1. The van der Waals surface area contributed by atoms with E-state index < -0.39 is 0 Å². The van der Waals surface area contributed by atoms with Crippen LogP contribution in [-0.2, 0) is 4.79 Å². The van der Waals surface area contributed by atoms with Gasteiger partial charge in [0.15, 0.2) is 0 Å².